The lowest BCUT2D eigenvalue weighted by Crippen LogP contribution is -2.24. The monoisotopic (exact) mass is 340 g/mol. The van der Waals surface area contributed by atoms with Crippen molar-refractivity contribution in [2.75, 3.05) is 23.3 Å². The fourth-order valence-electron chi connectivity index (χ4n) is 2.77. The Morgan fingerprint density at radius 2 is 2.08 bits per heavy atom. The summed E-state index contributed by atoms with van der Waals surface area (Å²) < 4.78 is 0. The van der Waals surface area contributed by atoms with Crippen molar-refractivity contribution < 1.29 is 4.79 Å². The van der Waals surface area contributed by atoms with Crippen molar-refractivity contribution in [2.45, 2.75) is 19.8 Å². The van der Waals surface area contributed by atoms with Crippen molar-refractivity contribution in [2.24, 2.45) is 0 Å². The second kappa shape index (κ2) is 6.90. The Morgan fingerprint density at radius 3 is 2.79 bits per heavy atom. The average molecular weight is 341 g/mol. The van der Waals surface area contributed by atoms with Gasteiger partial charge in [0.05, 0.1) is 27.9 Å². The van der Waals surface area contributed by atoms with Crippen molar-refractivity contribution in [3.05, 3.63) is 52.2 Å². The maximum Gasteiger partial charge on any atom is 0.259 e. The molecule has 6 heteroatoms. The van der Waals surface area contributed by atoms with Crippen LogP contribution in [0.2, 0.25) is 5.02 Å². The molecule has 0 spiro atoms. The third-order valence-electron chi connectivity index (χ3n) is 4.03. The maximum absolute atomic E-state index is 12.7. The Balaban J connectivity index is 1.93. The minimum Gasteiger partial charge on any atom is -0.356 e. The van der Waals surface area contributed by atoms with Gasteiger partial charge in [0.2, 0.25) is 0 Å². The number of halogens is 1. The maximum atomic E-state index is 12.7. The number of benzene rings is 1. The van der Waals surface area contributed by atoms with Crippen LogP contribution in [-0.4, -0.2) is 24.0 Å². The third-order valence-corrected chi connectivity index (χ3v) is 4.41. The molecule has 0 unspecified atom stereocenters. The number of hydrogen-bond donors (Lipinski definition) is 1. The topological polar surface area (TPSA) is 69.0 Å². The summed E-state index contributed by atoms with van der Waals surface area (Å²) in [6, 6.07) is 10.5. The molecule has 0 aliphatic carbocycles. The second-order valence-electron chi connectivity index (χ2n) is 5.77. The lowest BCUT2D eigenvalue weighted by molar-refractivity contribution is 0.102. The summed E-state index contributed by atoms with van der Waals surface area (Å²) in [6.07, 6.45) is 2.18. The Labute approximate surface area is 145 Å². The van der Waals surface area contributed by atoms with Crippen LogP contribution < -0.4 is 10.2 Å². The van der Waals surface area contributed by atoms with Crippen LogP contribution in [0.5, 0.6) is 0 Å². The van der Waals surface area contributed by atoms with E-state index in [2.05, 4.69) is 21.3 Å². The van der Waals surface area contributed by atoms with E-state index in [-0.39, 0.29) is 5.91 Å². The predicted molar refractivity (Wildman–Crippen MR) is 94.5 cm³/mol. The van der Waals surface area contributed by atoms with Crippen LogP contribution in [0.4, 0.5) is 11.5 Å². The van der Waals surface area contributed by atoms with Crippen LogP contribution in [0.1, 0.15) is 34.5 Å². The highest BCUT2D eigenvalue weighted by molar-refractivity contribution is 6.31. The number of aromatic nitrogens is 1. The number of rotatable bonds is 3. The van der Waals surface area contributed by atoms with E-state index in [0.29, 0.717) is 33.3 Å². The first kappa shape index (κ1) is 16.3. The largest absolute Gasteiger partial charge is 0.356 e. The number of amides is 1. The SMILES string of the molecule is Cc1nc(N2CCCC2)c(C(=O)Nc2cccc(C#N)c2)cc1Cl. The van der Waals surface area contributed by atoms with Gasteiger partial charge in [-0.3, -0.25) is 4.79 Å². The van der Waals surface area contributed by atoms with Crippen molar-refractivity contribution in [1.29, 1.82) is 5.26 Å². The minimum absolute atomic E-state index is 0.276. The van der Waals surface area contributed by atoms with E-state index in [9.17, 15) is 4.79 Å². The Bertz CT molecular complexity index is 822. The van der Waals surface area contributed by atoms with E-state index < -0.39 is 0 Å². The van der Waals surface area contributed by atoms with Gasteiger partial charge in [0.1, 0.15) is 5.82 Å². The molecule has 1 amide bonds. The number of nitrogens with one attached hydrogen (secondary N) is 1. The summed E-state index contributed by atoms with van der Waals surface area (Å²) in [5.41, 5.74) is 2.23. The van der Waals surface area contributed by atoms with Gasteiger partial charge in [-0.25, -0.2) is 4.98 Å². The molecular weight excluding hydrogens is 324 g/mol. The highest BCUT2D eigenvalue weighted by atomic mass is 35.5. The van der Waals surface area contributed by atoms with Crippen molar-refractivity contribution in [3.8, 4) is 6.07 Å². The van der Waals surface area contributed by atoms with Crippen LogP contribution in [0.25, 0.3) is 0 Å². The van der Waals surface area contributed by atoms with Gasteiger partial charge in [-0.2, -0.15) is 5.26 Å². The van der Waals surface area contributed by atoms with Crippen molar-refractivity contribution >= 4 is 29.0 Å². The van der Waals surface area contributed by atoms with E-state index in [0.717, 1.165) is 25.9 Å². The van der Waals surface area contributed by atoms with Crippen LogP contribution in [0, 0.1) is 18.3 Å². The number of pyridine rings is 1. The molecule has 3 rings (SSSR count). The van der Waals surface area contributed by atoms with E-state index in [1.54, 1.807) is 30.3 Å². The molecule has 2 heterocycles. The molecule has 122 valence electrons. The Hall–Kier alpha value is -2.58. The molecule has 5 nitrogen and oxygen atoms in total. The Morgan fingerprint density at radius 1 is 1.33 bits per heavy atom. The van der Waals surface area contributed by atoms with Gasteiger partial charge in [-0.05, 0) is 44.0 Å². The number of nitriles is 1. The molecule has 1 N–H and O–H groups in total. The fourth-order valence-corrected chi connectivity index (χ4v) is 2.92. The van der Waals surface area contributed by atoms with Gasteiger partial charge >= 0.3 is 0 Å². The standard InChI is InChI=1S/C18H17ClN4O/c1-12-16(19)10-15(17(21-12)23-7-2-3-8-23)18(24)22-14-6-4-5-13(9-14)11-20/h4-6,9-10H,2-3,7-8H2,1H3,(H,22,24). The van der Waals surface area contributed by atoms with E-state index in [1.807, 2.05) is 6.92 Å². The number of hydrogen-bond acceptors (Lipinski definition) is 4. The summed E-state index contributed by atoms with van der Waals surface area (Å²) in [5, 5.41) is 12.3. The van der Waals surface area contributed by atoms with Gasteiger partial charge in [-0.1, -0.05) is 17.7 Å². The molecule has 2 aromatic rings. The fraction of sp³-hybridized carbons (Fsp3) is 0.278. The second-order valence-corrected chi connectivity index (χ2v) is 6.17. The normalized spacial score (nSPS) is 13.6. The molecular formula is C18H17ClN4O. The van der Waals surface area contributed by atoms with Gasteiger partial charge < -0.3 is 10.2 Å². The quantitative estimate of drug-likeness (QED) is 0.923. The number of aryl methyl sites for hydroxylation is 1. The van der Waals surface area contributed by atoms with E-state index >= 15 is 0 Å². The third kappa shape index (κ3) is 3.34. The van der Waals surface area contributed by atoms with Crippen LogP contribution in [0.15, 0.2) is 30.3 Å². The molecule has 0 bridgehead atoms. The Kier molecular flexibility index (Phi) is 4.68. The highest BCUT2D eigenvalue weighted by Crippen LogP contribution is 2.28. The predicted octanol–water partition coefficient (Wildman–Crippen LogP) is 3.77. The smallest absolute Gasteiger partial charge is 0.259 e. The summed E-state index contributed by atoms with van der Waals surface area (Å²) in [7, 11) is 0. The average Bonchev–Trinajstić information content (AvgIpc) is 3.11. The number of carbonyl (C=O) groups is 1. The van der Waals surface area contributed by atoms with Gasteiger partial charge in [0.15, 0.2) is 0 Å². The molecule has 1 aliphatic rings. The number of nitrogens with zero attached hydrogens (tertiary/aromatic N) is 3. The van der Waals surface area contributed by atoms with Gasteiger partial charge in [-0.15, -0.1) is 0 Å². The first-order chi connectivity index (χ1) is 11.6. The molecule has 24 heavy (non-hydrogen) atoms. The molecule has 0 saturated carbocycles. The summed E-state index contributed by atoms with van der Waals surface area (Å²) in [6.45, 7) is 3.61. The van der Waals surface area contributed by atoms with E-state index in [4.69, 9.17) is 16.9 Å². The molecule has 1 aromatic heterocycles. The molecule has 1 aliphatic heterocycles. The lowest BCUT2D eigenvalue weighted by atomic mass is 10.1. The molecule has 0 atom stereocenters. The molecule has 0 radical (unpaired) electrons. The van der Waals surface area contributed by atoms with E-state index in [1.165, 1.54) is 0 Å². The number of carbonyl (C=O) groups excluding carboxylic acids is 1. The van der Waals surface area contributed by atoms with Gasteiger partial charge in [0, 0.05) is 18.8 Å². The van der Waals surface area contributed by atoms with Crippen LogP contribution >= 0.6 is 11.6 Å². The zero-order chi connectivity index (χ0) is 17.1. The summed E-state index contributed by atoms with van der Waals surface area (Å²) in [4.78, 5) is 19.4. The van der Waals surface area contributed by atoms with Crippen LogP contribution in [-0.2, 0) is 0 Å². The lowest BCUT2D eigenvalue weighted by Gasteiger charge is -2.20. The molecule has 1 aromatic carbocycles. The highest BCUT2D eigenvalue weighted by Gasteiger charge is 2.22. The minimum atomic E-state index is -0.276. The van der Waals surface area contributed by atoms with Crippen molar-refractivity contribution in [3.63, 3.8) is 0 Å². The summed E-state index contributed by atoms with van der Waals surface area (Å²) >= 11 is 6.18. The zero-order valence-corrected chi connectivity index (χ0v) is 14.1. The summed E-state index contributed by atoms with van der Waals surface area (Å²) in [5.74, 6) is 0.393. The van der Waals surface area contributed by atoms with Crippen molar-refractivity contribution in [1.82, 2.24) is 4.98 Å². The molecule has 1 fully saturated rings. The van der Waals surface area contributed by atoms with Crippen LogP contribution in [0.3, 0.4) is 0 Å². The zero-order valence-electron chi connectivity index (χ0n) is 13.3. The first-order valence-corrected chi connectivity index (χ1v) is 8.20. The van der Waals surface area contributed by atoms with Gasteiger partial charge in [0.25, 0.3) is 5.91 Å². The molecule has 1 saturated heterocycles. The number of anilines is 2. The first-order valence-electron chi connectivity index (χ1n) is 7.82.